The van der Waals surface area contributed by atoms with Gasteiger partial charge in [0.25, 0.3) is 10.0 Å². The number of aliphatic carboxylic acids is 1. The van der Waals surface area contributed by atoms with Gasteiger partial charge in [0.2, 0.25) is 0 Å². The minimum absolute atomic E-state index is 0.0443. The fourth-order valence-electron chi connectivity index (χ4n) is 3.22. The van der Waals surface area contributed by atoms with Crippen LogP contribution >= 0.6 is 0 Å². The third-order valence-electron chi connectivity index (χ3n) is 5.06. The van der Waals surface area contributed by atoms with Gasteiger partial charge in [0.15, 0.2) is 0 Å². The van der Waals surface area contributed by atoms with E-state index in [4.69, 9.17) is 19.4 Å². The fourth-order valence-corrected chi connectivity index (χ4v) is 4.47. The zero-order valence-corrected chi connectivity index (χ0v) is 21.7. The lowest BCUT2D eigenvalue weighted by Gasteiger charge is -2.24. The SMILES string of the molecule is COc1ccc(OC)c(S(=O)(=O)Nc2cc(C(=O)O)ccc2N(C)Cc2ccccc2)c1.O=C(O)C(F)(F)F. The highest BCUT2D eigenvalue weighted by atomic mass is 32.2. The van der Waals surface area contributed by atoms with Crippen molar-refractivity contribution in [3.63, 3.8) is 0 Å². The summed E-state index contributed by atoms with van der Waals surface area (Å²) in [6.07, 6.45) is -5.08. The Morgan fingerprint density at radius 3 is 2.08 bits per heavy atom. The quantitative estimate of drug-likeness (QED) is 0.340. The second-order valence-corrected chi connectivity index (χ2v) is 9.45. The van der Waals surface area contributed by atoms with Crippen LogP contribution in [-0.4, -0.2) is 58.0 Å². The molecule has 39 heavy (non-hydrogen) atoms. The molecular formula is C25H25F3N2O8S. The smallest absolute Gasteiger partial charge is 0.490 e. The van der Waals surface area contributed by atoms with Gasteiger partial charge in [-0.25, -0.2) is 18.0 Å². The number of carboxylic acids is 2. The molecule has 0 atom stereocenters. The summed E-state index contributed by atoms with van der Waals surface area (Å²) in [5.74, 6) is -3.45. The molecule has 0 aromatic heterocycles. The van der Waals surface area contributed by atoms with Gasteiger partial charge in [-0.05, 0) is 35.9 Å². The molecule has 0 amide bonds. The summed E-state index contributed by atoms with van der Waals surface area (Å²) in [6, 6.07) is 18.4. The minimum atomic E-state index is -5.08. The van der Waals surface area contributed by atoms with E-state index in [1.165, 1.54) is 38.5 Å². The zero-order chi connectivity index (χ0) is 29.4. The maximum absolute atomic E-state index is 13.3. The molecule has 0 fully saturated rings. The number of halogens is 3. The van der Waals surface area contributed by atoms with E-state index in [2.05, 4.69) is 4.72 Å². The van der Waals surface area contributed by atoms with Gasteiger partial charge in [-0.2, -0.15) is 13.2 Å². The maximum Gasteiger partial charge on any atom is 0.490 e. The van der Waals surface area contributed by atoms with Gasteiger partial charge < -0.3 is 24.6 Å². The van der Waals surface area contributed by atoms with Crippen molar-refractivity contribution in [3.8, 4) is 11.5 Å². The van der Waals surface area contributed by atoms with Crippen molar-refractivity contribution in [1.82, 2.24) is 0 Å². The first-order valence-electron chi connectivity index (χ1n) is 10.9. The zero-order valence-electron chi connectivity index (χ0n) is 20.9. The third-order valence-corrected chi connectivity index (χ3v) is 6.45. The van der Waals surface area contributed by atoms with E-state index in [-0.39, 0.29) is 21.9 Å². The van der Waals surface area contributed by atoms with Crippen LogP contribution in [0.2, 0.25) is 0 Å². The number of alkyl halides is 3. The van der Waals surface area contributed by atoms with E-state index < -0.39 is 28.1 Å². The molecule has 3 aromatic carbocycles. The first-order chi connectivity index (χ1) is 18.2. The Morgan fingerprint density at radius 2 is 1.56 bits per heavy atom. The van der Waals surface area contributed by atoms with Crippen LogP contribution in [0.5, 0.6) is 11.5 Å². The standard InChI is InChI=1S/C23H24N2O6S.C2HF3O2/c1-25(15-16-7-5-4-6-8-16)20-11-9-17(23(26)27)13-19(20)24-32(28,29)22-14-18(30-2)10-12-21(22)31-3;3-2(4,5)1(6)7/h4-14,24H,15H2,1-3H3,(H,26,27);(H,6,7). The topological polar surface area (TPSA) is 142 Å². The van der Waals surface area contributed by atoms with Crippen molar-refractivity contribution in [2.75, 3.05) is 30.9 Å². The van der Waals surface area contributed by atoms with Crippen molar-refractivity contribution in [2.45, 2.75) is 17.6 Å². The molecule has 210 valence electrons. The summed E-state index contributed by atoms with van der Waals surface area (Å²) >= 11 is 0. The average molecular weight is 571 g/mol. The van der Waals surface area contributed by atoms with Gasteiger partial charge in [-0.1, -0.05) is 30.3 Å². The molecule has 0 aliphatic carbocycles. The second kappa shape index (κ2) is 12.9. The molecule has 0 unspecified atom stereocenters. The summed E-state index contributed by atoms with van der Waals surface area (Å²) in [6.45, 7) is 0.491. The van der Waals surface area contributed by atoms with Gasteiger partial charge in [0.05, 0.1) is 31.2 Å². The van der Waals surface area contributed by atoms with Crippen LogP contribution in [-0.2, 0) is 21.4 Å². The number of anilines is 2. The molecule has 14 heteroatoms. The van der Waals surface area contributed by atoms with E-state index in [0.29, 0.717) is 18.0 Å². The number of aromatic carboxylic acids is 1. The first kappa shape index (κ1) is 30.8. The molecule has 0 aliphatic heterocycles. The van der Waals surface area contributed by atoms with Crippen LogP contribution in [0, 0.1) is 0 Å². The van der Waals surface area contributed by atoms with Gasteiger partial charge in [0.1, 0.15) is 16.4 Å². The molecular weight excluding hydrogens is 545 g/mol. The van der Waals surface area contributed by atoms with Crippen molar-refractivity contribution in [1.29, 1.82) is 0 Å². The largest absolute Gasteiger partial charge is 0.497 e. The van der Waals surface area contributed by atoms with E-state index in [0.717, 1.165) is 5.56 Å². The van der Waals surface area contributed by atoms with Crippen LogP contribution in [0.3, 0.4) is 0 Å². The van der Waals surface area contributed by atoms with E-state index in [1.807, 2.05) is 35.2 Å². The number of ether oxygens (including phenoxy) is 2. The second-order valence-electron chi connectivity index (χ2n) is 7.80. The number of hydrogen-bond donors (Lipinski definition) is 3. The Balaban J connectivity index is 0.000000673. The van der Waals surface area contributed by atoms with Gasteiger partial charge in [-0.3, -0.25) is 4.72 Å². The van der Waals surface area contributed by atoms with Crippen LogP contribution in [0.4, 0.5) is 24.5 Å². The highest BCUT2D eigenvalue weighted by molar-refractivity contribution is 7.92. The van der Waals surface area contributed by atoms with E-state index in [9.17, 15) is 31.5 Å². The molecule has 0 radical (unpaired) electrons. The summed E-state index contributed by atoms with van der Waals surface area (Å²) in [5.41, 5.74) is 1.62. The molecule has 0 aliphatic rings. The molecule has 0 saturated heterocycles. The number of hydrogen-bond acceptors (Lipinski definition) is 7. The monoisotopic (exact) mass is 570 g/mol. The van der Waals surface area contributed by atoms with Crippen molar-refractivity contribution in [2.24, 2.45) is 0 Å². The summed E-state index contributed by atoms with van der Waals surface area (Å²) < 4.78 is 71.1. The van der Waals surface area contributed by atoms with Gasteiger partial charge in [-0.15, -0.1) is 0 Å². The minimum Gasteiger partial charge on any atom is -0.497 e. The predicted octanol–water partition coefficient (Wildman–Crippen LogP) is 4.47. The number of carbonyl (C=O) groups is 2. The Labute approximate surface area is 222 Å². The lowest BCUT2D eigenvalue weighted by Crippen LogP contribution is -2.21. The normalized spacial score (nSPS) is 11.0. The van der Waals surface area contributed by atoms with Crippen molar-refractivity contribution < 1.29 is 50.9 Å². The molecule has 0 heterocycles. The fraction of sp³-hybridized carbons (Fsp3) is 0.200. The number of nitrogens with one attached hydrogen (secondary N) is 1. The molecule has 0 spiro atoms. The summed E-state index contributed by atoms with van der Waals surface area (Å²) in [7, 11) is 0.459. The molecule has 3 rings (SSSR count). The number of carboxylic acid groups (broad SMARTS) is 2. The first-order valence-corrected chi connectivity index (χ1v) is 12.3. The molecule has 3 aromatic rings. The Morgan fingerprint density at radius 1 is 0.949 bits per heavy atom. The molecule has 0 bridgehead atoms. The van der Waals surface area contributed by atoms with E-state index in [1.54, 1.807) is 19.2 Å². The molecule has 10 nitrogen and oxygen atoms in total. The number of benzene rings is 3. The lowest BCUT2D eigenvalue weighted by atomic mass is 10.1. The van der Waals surface area contributed by atoms with Crippen molar-refractivity contribution in [3.05, 3.63) is 77.9 Å². The highest BCUT2D eigenvalue weighted by Crippen LogP contribution is 2.33. The Bertz CT molecular complexity index is 1410. The maximum atomic E-state index is 13.3. The average Bonchev–Trinajstić information content (AvgIpc) is 2.88. The lowest BCUT2D eigenvalue weighted by molar-refractivity contribution is -0.192. The molecule has 3 N–H and O–H groups in total. The summed E-state index contributed by atoms with van der Waals surface area (Å²) in [5, 5.41) is 16.5. The Kier molecular flexibility index (Phi) is 10.1. The van der Waals surface area contributed by atoms with Gasteiger partial charge in [0, 0.05) is 19.7 Å². The number of rotatable bonds is 9. The Hall–Kier alpha value is -4.46. The third kappa shape index (κ3) is 8.53. The van der Waals surface area contributed by atoms with Crippen LogP contribution in [0.1, 0.15) is 15.9 Å². The highest BCUT2D eigenvalue weighted by Gasteiger charge is 2.38. The van der Waals surface area contributed by atoms with Crippen molar-refractivity contribution >= 4 is 33.3 Å². The number of nitrogens with zero attached hydrogens (tertiary/aromatic N) is 1. The van der Waals surface area contributed by atoms with Gasteiger partial charge >= 0.3 is 18.1 Å². The summed E-state index contributed by atoms with van der Waals surface area (Å²) in [4.78, 5) is 22.1. The molecule has 0 saturated carbocycles. The predicted molar refractivity (Wildman–Crippen MR) is 136 cm³/mol. The number of sulfonamides is 1. The van der Waals surface area contributed by atoms with Crippen LogP contribution in [0.15, 0.2) is 71.6 Å². The van der Waals surface area contributed by atoms with Crippen LogP contribution < -0.4 is 19.1 Å². The van der Waals surface area contributed by atoms with Crippen LogP contribution in [0.25, 0.3) is 0 Å². The van der Waals surface area contributed by atoms with E-state index >= 15 is 0 Å². The number of methoxy groups -OCH3 is 2.